The normalized spacial score (nSPS) is 9.08. The van der Waals surface area contributed by atoms with Crippen LogP contribution in [0.1, 0.15) is 0 Å². The van der Waals surface area contributed by atoms with Crippen LogP contribution < -0.4 is 20.3 Å². The Morgan fingerprint density at radius 1 is 0.538 bits per heavy atom. The zero-order valence-electron chi connectivity index (χ0n) is 5.50. The van der Waals surface area contributed by atoms with E-state index in [1.165, 1.54) is 0 Å². The second-order valence-electron chi connectivity index (χ2n) is 0.894. The Morgan fingerprint density at radius 3 is 0.538 bits per heavy atom. The third kappa shape index (κ3) is 257. The molecule has 0 saturated heterocycles. The summed E-state index contributed by atoms with van der Waals surface area (Å²) in [4.78, 5) is 0. The van der Waals surface area contributed by atoms with Gasteiger partial charge >= 0.3 is 134 Å². The summed E-state index contributed by atoms with van der Waals surface area (Å²) in [6.45, 7) is 0. The molecule has 3 radical (unpaired) electrons. The van der Waals surface area contributed by atoms with Crippen molar-refractivity contribution in [1.82, 2.24) is 0 Å². The predicted octanol–water partition coefficient (Wildman–Crippen LogP) is -8.14. The van der Waals surface area contributed by atoms with Crippen LogP contribution in [0.5, 0.6) is 0 Å². The summed E-state index contributed by atoms with van der Waals surface area (Å²) < 4.78 is 69.1. The van der Waals surface area contributed by atoms with Gasteiger partial charge in [-0.1, -0.05) is 0 Å². The van der Waals surface area contributed by atoms with Crippen LogP contribution in [0.3, 0.4) is 0 Å². The van der Waals surface area contributed by atoms with Gasteiger partial charge in [0.05, 0.1) is 0 Å². The summed E-state index contributed by atoms with van der Waals surface area (Å²) in [5.74, 6) is 0. The van der Waals surface area contributed by atoms with Gasteiger partial charge in [0, 0.05) is 0 Å². The maximum atomic E-state index is 8.64. The molecule has 13 heavy (non-hydrogen) atoms. The zero-order chi connectivity index (χ0) is 9.00. The van der Waals surface area contributed by atoms with Crippen molar-refractivity contribution in [1.29, 1.82) is 0 Å². The average Bonchev–Trinajstić information content (AvgIpc) is 1.12. The van der Waals surface area contributed by atoms with Gasteiger partial charge in [-0.05, 0) is 0 Å². The molecule has 0 rings (SSSR count). The van der Waals surface area contributed by atoms with E-state index in [4.69, 9.17) is 26.3 Å². The van der Waals surface area contributed by atoms with Crippen LogP contribution in [-0.4, -0.2) is 40.1 Å². The Kier molecular flexibility index (Phi) is 30.5. The minimum Gasteiger partial charge on any atom is 2.00 e. The van der Waals surface area contributed by atoms with E-state index >= 15 is 0 Å². The van der Waals surface area contributed by atoms with Crippen LogP contribution >= 0.6 is 0 Å². The number of rotatable bonds is 0. The molecule has 0 aromatic carbocycles. The topological polar surface area (TPSA) is 172 Å². The van der Waals surface area contributed by atoms with E-state index in [0.717, 1.165) is 0 Å². The van der Waals surface area contributed by atoms with Gasteiger partial charge in [0.2, 0.25) is 0 Å². The third-order valence-electron chi connectivity index (χ3n) is 0. The van der Waals surface area contributed by atoms with E-state index in [9.17, 15) is 0 Å². The van der Waals surface area contributed by atoms with E-state index in [2.05, 4.69) is 0 Å². The second-order valence-corrected chi connectivity index (χ2v) is 6.00. The fourth-order valence-electron chi connectivity index (χ4n) is 0. The summed E-state index contributed by atoms with van der Waals surface area (Å²) in [7, 11) is 0. The van der Waals surface area contributed by atoms with Crippen molar-refractivity contribution in [2.75, 3.05) is 0 Å². The molecule has 0 fully saturated rings. The maximum Gasteiger partial charge on any atom is 2.00 e. The molecule has 0 spiro atoms. The molecule has 0 aromatic heterocycles. The largest absolute Gasteiger partial charge is 2.00 e. The fraction of sp³-hybridized carbons (Fsp3) is 0. The van der Waals surface area contributed by atoms with Crippen molar-refractivity contribution in [2.24, 2.45) is 0 Å². The Bertz CT molecular complexity index is 130. The molecular formula is O8Sb2Ta3. The van der Waals surface area contributed by atoms with Crippen LogP contribution in [0, 0.1) is 0 Å². The first kappa shape index (κ1) is 29.8. The third-order valence-corrected chi connectivity index (χ3v) is 0. The molecular weight excluding hydrogens is 914 g/mol. The standard InChI is InChI=1S/8O.2Sb.3Ta/q;;6*-1;;;3*+2. The fourth-order valence-corrected chi connectivity index (χ4v) is 0. The minimum atomic E-state index is -6.10. The van der Waals surface area contributed by atoms with Crippen LogP contribution in [0.4, 0.5) is 0 Å². The molecule has 0 aromatic rings. The molecule has 0 atom stereocenters. The molecule has 0 amide bonds. The smallest absolute Gasteiger partial charge is 2.00 e. The molecule has 0 aliphatic carbocycles. The van der Waals surface area contributed by atoms with Gasteiger partial charge in [0.1, 0.15) is 0 Å². The number of hydrogen-bond donors (Lipinski definition) is 0. The van der Waals surface area contributed by atoms with Gasteiger partial charge in [-0.3, -0.25) is 0 Å². The van der Waals surface area contributed by atoms with Crippen LogP contribution in [-0.2, 0) is 73.2 Å². The van der Waals surface area contributed by atoms with Crippen molar-refractivity contribution in [2.45, 2.75) is 0 Å². The van der Waals surface area contributed by atoms with E-state index in [1.807, 2.05) is 0 Å². The summed E-state index contributed by atoms with van der Waals surface area (Å²) in [6.07, 6.45) is 0. The Balaban J connectivity index is -0.0000000267. The predicted molar refractivity (Wildman–Crippen MR) is 12.9 cm³/mol. The van der Waals surface area contributed by atoms with Crippen molar-refractivity contribution in [3.05, 3.63) is 0 Å². The van der Waals surface area contributed by atoms with Crippen LogP contribution in [0.25, 0.3) is 0 Å². The first-order valence-electron chi connectivity index (χ1n) is 1.46. The van der Waals surface area contributed by atoms with Gasteiger partial charge in [-0.25, -0.2) is 0 Å². The molecule has 13 heteroatoms. The molecule has 73 valence electrons. The Hall–Kier alpha value is 3.22. The quantitative estimate of drug-likeness (QED) is 0.216. The molecule has 0 N–H and O–H groups in total. The summed E-state index contributed by atoms with van der Waals surface area (Å²) in [6, 6.07) is 0. The van der Waals surface area contributed by atoms with Gasteiger partial charge in [0.25, 0.3) is 0 Å². The van der Waals surface area contributed by atoms with Gasteiger partial charge in [0.15, 0.2) is 0 Å². The van der Waals surface area contributed by atoms with Crippen LogP contribution in [0.2, 0.25) is 0 Å². The zero-order valence-corrected chi connectivity index (χ0v) is 20.2. The molecule has 0 aliphatic heterocycles. The molecule has 8 nitrogen and oxygen atoms in total. The van der Waals surface area contributed by atoms with E-state index in [1.54, 1.807) is 0 Å². The molecule has 0 heterocycles. The summed E-state index contributed by atoms with van der Waals surface area (Å²) >= 11 is -12.2. The van der Waals surface area contributed by atoms with Crippen molar-refractivity contribution in [3.8, 4) is 0 Å². The van der Waals surface area contributed by atoms with Gasteiger partial charge in [-0.15, -0.1) is 0 Å². The average molecular weight is 914 g/mol. The number of hydrogen-bond acceptors (Lipinski definition) is 8. The van der Waals surface area contributed by atoms with Crippen LogP contribution in [0.15, 0.2) is 0 Å². The molecule has 0 saturated carbocycles. The summed E-state index contributed by atoms with van der Waals surface area (Å²) in [5.41, 5.74) is 0. The molecule has 0 aliphatic rings. The SMILES string of the molecule is [O]=[Sb]([O-])([O-])[O-].[O]=[Sb]([O-])([O-])[O-].[Ta+2].[Ta+2].[Ta+2]. The van der Waals surface area contributed by atoms with Gasteiger partial charge in [-0.2, -0.15) is 0 Å². The van der Waals surface area contributed by atoms with Gasteiger partial charge < -0.3 is 0 Å². The monoisotopic (exact) mass is 913 g/mol. The summed E-state index contributed by atoms with van der Waals surface area (Å²) in [5, 5.41) is 0. The molecule has 0 unspecified atom stereocenters. The van der Waals surface area contributed by atoms with E-state index in [0.29, 0.717) is 0 Å². The Labute approximate surface area is 131 Å². The first-order chi connectivity index (χ1) is 4.00. The second kappa shape index (κ2) is 13.3. The first-order valence-corrected chi connectivity index (χ1v) is 9.80. The van der Waals surface area contributed by atoms with Crippen molar-refractivity contribution in [3.63, 3.8) is 0 Å². The molecule has 0 bridgehead atoms. The van der Waals surface area contributed by atoms with E-state index in [-0.39, 0.29) is 67.1 Å². The maximum absolute atomic E-state index is 8.64. The Morgan fingerprint density at radius 2 is 0.538 bits per heavy atom. The minimum absolute atomic E-state index is 0. The van der Waals surface area contributed by atoms with E-state index < -0.39 is 40.1 Å². The van der Waals surface area contributed by atoms with Crippen molar-refractivity contribution < 1.29 is 93.5 Å². The van der Waals surface area contributed by atoms with Crippen molar-refractivity contribution >= 4 is 40.1 Å².